The van der Waals surface area contributed by atoms with Crippen molar-refractivity contribution in [2.24, 2.45) is 0 Å². The summed E-state index contributed by atoms with van der Waals surface area (Å²) in [5, 5.41) is 1.24. The van der Waals surface area contributed by atoms with Gasteiger partial charge in [-0.3, -0.25) is 0 Å². The minimum absolute atomic E-state index is 1.05. The molecule has 1 saturated heterocycles. The zero-order valence-electron chi connectivity index (χ0n) is 13.7. The Labute approximate surface area is 136 Å². The van der Waals surface area contributed by atoms with Crippen LogP contribution in [0, 0.1) is 6.92 Å². The zero-order valence-corrected chi connectivity index (χ0v) is 13.7. The fraction of sp³-hybridized carbons (Fsp3) is 0.316. The number of hydrogen-bond acceptors (Lipinski definition) is 3. The van der Waals surface area contributed by atoms with Crippen molar-refractivity contribution < 1.29 is 0 Å². The summed E-state index contributed by atoms with van der Waals surface area (Å²) >= 11 is 0. The molecule has 0 radical (unpaired) electrons. The number of rotatable bonds is 2. The number of H-pyrrole nitrogens is 1. The van der Waals surface area contributed by atoms with E-state index in [2.05, 4.69) is 70.1 Å². The number of anilines is 1. The van der Waals surface area contributed by atoms with Crippen molar-refractivity contribution in [1.82, 2.24) is 14.9 Å². The molecule has 0 aliphatic carbocycles. The Kier molecular flexibility index (Phi) is 3.54. The fourth-order valence-electron chi connectivity index (χ4n) is 3.16. The van der Waals surface area contributed by atoms with E-state index in [0.29, 0.717) is 0 Å². The van der Waals surface area contributed by atoms with Crippen LogP contribution in [-0.4, -0.2) is 48.1 Å². The molecule has 0 unspecified atom stereocenters. The van der Waals surface area contributed by atoms with Crippen molar-refractivity contribution in [3.8, 4) is 11.3 Å². The van der Waals surface area contributed by atoms with Crippen molar-refractivity contribution in [3.05, 3.63) is 48.2 Å². The number of aromatic nitrogens is 2. The molecule has 4 rings (SSSR count). The summed E-state index contributed by atoms with van der Waals surface area (Å²) in [4.78, 5) is 12.9. The number of likely N-dealkylation sites (N-methyl/N-ethyl adjacent to an activating group) is 1. The van der Waals surface area contributed by atoms with E-state index in [4.69, 9.17) is 0 Å². The van der Waals surface area contributed by atoms with Gasteiger partial charge in [0.2, 0.25) is 0 Å². The number of piperazine rings is 1. The van der Waals surface area contributed by atoms with Crippen LogP contribution in [0.5, 0.6) is 0 Å². The van der Waals surface area contributed by atoms with Gasteiger partial charge in [-0.2, -0.15) is 0 Å². The van der Waals surface area contributed by atoms with Crippen molar-refractivity contribution in [1.29, 1.82) is 0 Å². The minimum atomic E-state index is 1.05. The van der Waals surface area contributed by atoms with Gasteiger partial charge in [0.15, 0.2) is 0 Å². The van der Waals surface area contributed by atoms with Crippen LogP contribution in [0.1, 0.15) is 5.56 Å². The van der Waals surface area contributed by atoms with Crippen LogP contribution in [0.15, 0.2) is 42.6 Å². The highest BCUT2D eigenvalue weighted by Crippen LogP contribution is 2.25. The van der Waals surface area contributed by atoms with Crippen molar-refractivity contribution in [2.75, 3.05) is 38.1 Å². The lowest BCUT2D eigenvalue weighted by Gasteiger charge is -2.33. The Morgan fingerprint density at radius 3 is 2.57 bits per heavy atom. The largest absolute Gasteiger partial charge is 0.354 e. The standard InChI is InChI=1S/C19H22N4/c1-14-3-4-15-12-18(21-17(15)11-14)16-5-6-19(20-13-16)23-9-7-22(2)8-10-23/h3-6,11-13,21H,7-10H2,1-2H3. The third kappa shape index (κ3) is 2.82. The number of benzene rings is 1. The smallest absolute Gasteiger partial charge is 0.128 e. The normalized spacial score (nSPS) is 16.2. The Bertz CT molecular complexity index is 811. The second kappa shape index (κ2) is 5.70. The predicted molar refractivity (Wildman–Crippen MR) is 96.0 cm³/mol. The summed E-state index contributed by atoms with van der Waals surface area (Å²) < 4.78 is 0. The van der Waals surface area contributed by atoms with Gasteiger partial charge in [-0.1, -0.05) is 12.1 Å². The van der Waals surface area contributed by atoms with Gasteiger partial charge < -0.3 is 14.8 Å². The molecule has 2 aromatic heterocycles. The maximum absolute atomic E-state index is 4.68. The van der Waals surface area contributed by atoms with Crippen LogP contribution in [0.3, 0.4) is 0 Å². The summed E-state index contributed by atoms with van der Waals surface area (Å²) in [5.74, 6) is 1.08. The number of nitrogens with one attached hydrogen (secondary N) is 1. The summed E-state index contributed by atoms with van der Waals surface area (Å²) in [6, 6.07) is 13.0. The van der Waals surface area contributed by atoms with Gasteiger partial charge in [0, 0.05) is 54.5 Å². The highest BCUT2D eigenvalue weighted by atomic mass is 15.3. The van der Waals surface area contributed by atoms with Gasteiger partial charge in [0.05, 0.1) is 0 Å². The minimum Gasteiger partial charge on any atom is -0.354 e. The van der Waals surface area contributed by atoms with Gasteiger partial charge in [0.1, 0.15) is 5.82 Å². The van der Waals surface area contributed by atoms with Crippen LogP contribution in [0.4, 0.5) is 5.82 Å². The molecule has 0 atom stereocenters. The molecule has 4 heteroatoms. The summed E-state index contributed by atoms with van der Waals surface area (Å²) in [6.45, 7) is 6.42. The quantitative estimate of drug-likeness (QED) is 0.789. The molecule has 3 aromatic rings. The van der Waals surface area contributed by atoms with Crippen LogP contribution in [0.2, 0.25) is 0 Å². The van der Waals surface area contributed by atoms with E-state index in [0.717, 1.165) is 43.3 Å². The molecule has 1 aromatic carbocycles. The Morgan fingerprint density at radius 1 is 1.00 bits per heavy atom. The zero-order chi connectivity index (χ0) is 15.8. The van der Waals surface area contributed by atoms with Crippen LogP contribution < -0.4 is 4.90 Å². The molecule has 118 valence electrons. The Balaban J connectivity index is 1.59. The van der Waals surface area contributed by atoms with E-state index in [1.54, 1.807) is 0 Å². The lowest BCUT2D eigenvalue weighted by Crippen LogP contribution is -2.44. The number of fused-ring (bicyclic) bond motifs is 1. The third-order valence-electron chi connectivity index (χ3n) is 4.66. The van der Waals surface area contributed by atoms with Crippen LogP contribution in [-0.2, 0) is 0 Å². The molecule has 0 spiro atoms. The van der Waals surface area contributed by atoms with E-state index < -0.39 is 0 Å². The second-order valence-electron chi connectivity index (χ2n) is 6.47. The number of aromatic amines is 1. The number of aryl methyl sites for hydroxylation is 1. The van der Waals surface area contributed by atoms with Crippen molar-refractivity contribution in [3.63, 3.8) is 0 Å². The van der Waals surface area contributed by atoms with Gasteiger partial charge >= 0.3 is 0 Å². The average Bonchev–Trinajstić information content (AvgIpc) is 2.99. The third-order valence-corrected chi connectivity index (χ3v) is 4.66. The first-order valence-corrected chi connectivity index (χ1v) is 8.18. The predicted octanol–water partition coefficient (Wildman–Crippen LogP) is 3.29. The first kappa shape index (κ1) is 14.3. The van der Waals surface area contributed by atoms with Crippen molar-refractivity contribution in [2.45, 2.75) is 6.92 Å². The molecular weight excluding hydrogens is 284 g/mol. The van der Waals surface area contributed by atoms with E-state index in [-0.39, 0.29) is 0 Å². The second-order valence-corrected chi connectivity index (χ2v) is 6.47. The highest BCUT2D eigenvalue weighted by Gasteiger charge is 2.15. The Morgan fingerprint density at radius 2 is 1.83 bits per heavy atom. The molecule has 0 amide bonds. The van der Waals surface area contributed by atoms with Crippen LogP contribution in [0.25, 0.3) is 22.2 Å². The maximum Gasteiger partial charge on any atom is 0.128 e. The average molecular weight is 306 g/mol. The number of hydrogen-bond donors (Lipinski definition) is 1. The SMILES string of the molecule is Cc1ccc2cc(-c3ccc(N4CCN(C)CC4)nc3)[nH]c2c1. The molecule has 4 nitrogen and oxygen atoms in total. The summed E-state index contributed by atoms with van der Waals surface area (Å²) in [7, 11) is 2.17. The molecule has 1 aliphatic rings. The number of pyridine rings is 1. The molecule has 23 heavy (non-hydrogen) atoms. The molecular formula is C19H22N4. The summed E-state index contributed by atoms with van der Waals surface area (Å²) in [5.41, 5.74) is 4.72. The molecule has 1 aliphatic heterocycles. The number of nitrogens with zero attached hydrogens (tertiary/aromatic N) is 3. The van der Waals surface area contributed by atoms with E-state index >= 15 is 0 Å². The lowest BCUT2D eigenvalue weighted by molar-refractivity contribution is 0.312. The highest BCUT2D eigenvalue weighted by molar-refractivity contribution is 5.86. The first-order valence-electron chi connectivity index (χ1n) is 8.18. The van der Waals surface area contributed by atoms with Crippen LogP contribution >= 0.6 is 0 Å². The lowest BCUT2D eigenvalue weighted by atomic mass is 10.1. The maximum atomic E-state index is 4.68. The van der Waals surface area contributed by atoms with Gasteiger partial charge in [-0.15, -0.1) is 0 Å². The topological polar surface area (TPSA) is 35.2 Å². The van der Waals surface area contributed by atoms with Gasteiger partial charge in [-0.25, -0.2) is 4.98 Å². The summed E-state index contributed by atoms with van der Waals surface area (Å²) in [6.07, 6.45) is 1.98. The van der Waals surface area contributed by atoms with Crippen molar-refractivity contribution >= 4 is 16.7 Å². The monoisotopic (exact) mass is 306 g/mol. The molecule has 0 saturated carbocycles. The fourth-order valence-corrected chi connectivity index (χ4v) is 3.16. The Hall–Kier alpha value is -2.33. The molecule has 1 fully saturated rings. The first-order chi connectivity index (χ1) is 11.2. The van der Waals surface area contributed by atoms with E-state index in [1.165, 1.54) is 16.5 Å². The van der Waals surface area contributed by atoms with Gasteiger partial charge in [-0.05, 0) is 43.8 Å². The molecule has 0 bridgehead atoms. The van der Waals surface area contributed by atoms with E-state index in [9.17, 15) is 0 Å². The van der Waals surface area contributed by atoms with E-state index in [1.807, 2.05) is 6.20 Å². The molecule has 3 heterocycles. The molecule has 1 N–H and O–H groups in total. The van der Waals surface area contributed by atoms with Gasteiger partial charge in [0.25, 0.3) is 0 Å².